The van der Waals surface area contributed by atoms with E-state index in [1.807, 2.05) is 20.8 Å². The van der Waals surface area contributed by atoms with E-state index in [1.165, 1.54) is 0 Å². The second-order valence-electron chi connectivity index (χ2n) is 5.65. The molecule has 0 spiro atoms. The van der Waals surface area contributed by atoms with Crippen molar-refractivity contribution < 1.29 is 38.0 Å². The van der Waals surface area contributed by atoms with E-state index in [4.69, 9.17) is 28.4 Å². The predicted octanol–water partition coefficient (Wildman–Crippen LogP) is 1.99. The molecule has 0 aliphatic heterocycles. The van der Waals surface area contributed by atoms with E-state index < -0.39 is 0 Å². The Morgan fingerprint density at radius 3 is 1.67 bits per heavy atom. The third-order valence-corrected chi connectivity index (χ3v) is 3.64. The van der Waals surface area contributed by atoms with Gasteiger partial charge in [-0.1, -0.05) is 6.92 Å². The Labute approximate surface area is 162 Å². The van der Waals surface area contributed by atoms with Gasteiger partial charge in [-0.15, -0.1) is 0 Å². The number of esters is 2. The summed E-state index contributed by atoms with van der Waals surface area (Å²) in [5.41, 5.74) is 0. The molecule has 0 saturated carbocycles. The maximum Gasteiger partial charge on any atom is 0.309 e. The summed E-state index contributed by atoms with van der Waals surface area (Å²) in [7, 11) is 0. The molecule has 0 aromatic carbocycles. The fourth-order valence-electron chi connectivity index (χ4n) is 2.11. The molecule has 0 N–H and O–H groups in total. The first-order valence-electron chi connectivity index (χ1n) is 9.78. The number of ether oxygens (including phenoxy) is 6. The minimum Gasteiger partial charge on any atom is -0.463 e. The van der Waals surface area contributed by atoms with E-state index in [0.29, 0.717) is 65.7 Å². The van der Waals surface area contributed by atoms with E-state index in [0.717, 1.165) is 0 Å². The Kier molecular flexibility index (Phi) is 18.7. The van der Waals surface area contributed by atoms with Crippen LogP contribution in [-0.4, -0.2) is 78.0 Å². The van der Waals surface area contributed by atoms with Gasteiger partial charge in [-0.25, -0.2) is 0 Å². The van der Waals surface area contributed by atoms with E-state index >= 15 is 0 Å². The lowest BCUT2D eigenvalue weighted by molar-refractivity contribution is -0.151. The largest absolute Gasteiger partial charge is 0.463 e. The summed E-state index contributed by atoms with van der Waals surface area (Å²) >= 11 is 0. The quantitative estimate of drug-likeness (QED) is 0.244. The number of rotatable bonds is 19. The van der Waals surface area contributed by atoms with Crippen LogP contribution in [0.4, 0.5) is 0 Å². The topological polar surface area (TPSA) is 89.5 Å². The van der Waals surface area contributed by atoms with Crippen LogP contribution >= 0.6 is 0 Å². The highest BCUT2D eigenvalue weighted by Crippen LogP contribution is 2.13. The van der Waals surface area contributed by atoms with Crippen LogP contribution in [0, 0.1) is 5.92 Å². The maximum absolute atomic E-state index is 12.0. The summed E-state index contributed by atoms with van der Waals surface area (Å²) in [6.45, 7) is 10.1. The van der Waals surface area contributed by atoms with Crippen LogP contribution < -0.4 is 0 Å². The maximum atomic E-state index is 12.0. The molecule has 0 radical (unpaired) electrons. The number of carbonyl (C=O) groups is 2. The summed E-state index contributed by atoms with van der Waals surface area (Å²) in [5.74, 6) is -0.963. The molecule has 0 fully saturated rings. The number of hydrogen-bond acceptors (Lipinski definition) is 8. The van der Waals surface area contributed by atoms with Gasteiger partial charge >= 0.3 is 11.9 Å². The standard InChI is InChI=1S/C19H36O8/c1-4-17(19(21)27-16-14-25-12-10-23-6-3)7-8-18(20)26-15-13-24-11-9-22-5-2/h17H,4-16H2,1-3H3. The first kappa shape index (κ1) is 25.8. The number of hydrogen-bond donors (Lipinski definition) is 0. The smallest absolute Gasteiger partial charge is 0.309 e. The second kappa shape index (κ2) is 19.5. The molecule has 0 heterocycles. The van der Waals surface area contributed by atoms with Crippen molar-refractivity contribution in [2.75, 3.05) is 66.1 Å². The molecule has 160 valence electrons. The van der Waals surface area contributed by atoms with Crippen molar-refractivity contribution in [2.24, 2.45) is 5.92 Å². The molecule has 8 heteroatoms. The van der Waals surface area contributed by atoms with E-state index in [9.17, 15) is 9.59 Å². The highest BCUT2D eigenvalue weighted by molar-refractivity contribution is 5.74. The van der Waals surface area contributed by atoms with Crippen molar-refractivity contribution in [1.29, 1.82) is 0 Å². The summed E-state index contributed by atoms with van der Waals surface area (Å²) in [4.78, 5) is 23.7. The minimum atomic E-state index is -0.339. The monoisotopic (exact) mass is 392 g/mol. The van der Waals surface area contributed by atoms with Gasteiger partial charge in [0.2, 0.25) is 0 Å². The molecule has 0 rings (SSSR count). The molecule has 0 aromatic heterocycles. The average Bonchev–Trinajstić information content (AvgIpc) is 2.67. The van der Waals surface area contributed by atoms with Crippen molar-refractivity contribution >= 4 is 11.9 Å². The van der Waals surface area contributed by atoms with Gasteiger partial charge in [-0.2, -0.15) is 0 Å². The molecular formula is C19H36O8. The fraction of sp³-hybridized carbons (Fsp3) is 0.895. The highest BCUT2D eigenvalue weighted by Gasteiger charge is 2.19. The Morgan fingerprint density at radius 2 is 1.15 bits per heavy atom. The molecule has 0 amide bonds. The predicted molar refractivity (Wildman–Crippen MR) is 99.6 cm³/mol. The van der Waals surface area contributed by atoms with Gasteiger partial charge in [-0.3, -0.25) is 9.59 Å². The molecule has 0 aromatic rings. The zero-order valence-corrected chi connectivity index (χ0v) is 17.0. The molecule has 1 unspecified atom stereocenters. The van der Waals surface area contributed by atoms with Crippen LogP contribution in [0.3, 0.4) is 0 Å². The summed E-state index contributed by atoms with van der Waals surface area (Å²) in [6.07, 6.45) is 1.19. The lowest BCUT2D eigenvalue weighted by Gasteiger charge is -2.14. The zero-order valence-electron chi connectivity index (χ0n) is 17.0. The van der Waals surface area contributed by atoms with Crippen molar-refractivity contribution in [3.8, 4) is 0 Å². The van der Waals surface area contributed by atoms with Crippen LogP contribution in [0.25, 0.3) is 0 Å². The van der Waals surface area contributed by atoms with Crippen LogP contribution in [-0.2, 0) is 38.0 Å². The minimum absolute atomic E-state index is 0.178. The first-order valence-corrected chi connectivity index (χ1v) is 9.78. The summed E-state index contributed by atoms with van der Waals surface area (Å²) in [6, 6.07) is 0. The van der Waals surface area contributed by atoms with Crippen LogP contribution in [0.2, 0.25) is 0 Å². The van der Waals surface area contributed by atoms with Crippen molar-refractivity contribution in [3.63, 3.8) is 0 Å². The molecular weight excluding hydrogens is 356 g/mol. The average molecular weight is 392 g/mol. The van der Waals surface area contributed by atoms with E-state index in [1.54, 1.807) is 0 Å². The van der Waals surface area contributed by atoms with Crippen molar-refractivity contribution in [3.05, 3.63) is 0 Å². The molecule has 8 nitrogen and oxygen atoms in total. The molecule has 0 saturated heterocycles. The van der Waals surface area contributed by atoms with E-state index in [2.05, 4.69) is 0 Å². The lowest BCUT2D eigenvalue weighted by Crippen LogP contribution is -2.21. The van der Waals surface area contributed by atoms with Crippen molar-refractivity contribution in [2.45, 2.75) is 40.0 Å². The van der Waals surface area contributed by atoms with Gasteiger partial charge in [-0.05, 0) is 26.7 Å². The normalized spacial score (nSPS) is 12.0. The molecule has 0 aliphatic rings. The fourth-order valence-corrected chi connectivity index (χ4v) is 2.11. The van der Waals surface area contributed by atoms with Crippen LogP contribution in [0.5, 0.6) is 0 Å². The Bertz CT molecular complexity index is 362. The van der Waals surface area contributed by atoms with Gasteiger partial charge in [0.05, 0.1) is 45.6 Å². The first-order chi connectivity index (χ1) is 13.2. The molecule has 27 heavy (non-hydrogen) atoms. The third kappa shape index (κ3) is 16.7. The molecule has 1 atom stereocenters. The van der Waals surface area contributed by atoms with E-state index in [-0.39, 0.29) is 37.5 Å². The number of carbonyl (C=O) groups excluding carboxylic acids is 2. The van der Waals surface area contributed by atoms with Crippen LogP contribution in [0.1, 0.15) is 40.0 Å². The van der Waals surface area contributed by atoms with Gasteiger partial charge in [0.25, 0.3) is 0 Å². The highest BCUT2D eigenvalue weighted by atomic mass is 16.6. The SMILES string of the molecule is CCOCCOCCOC(=O)CCC(CC)C(=O)OCCOCCOCC. The molecule has 0 aliphatic carbocycles. The molecule has 0 bridgehead atoms. The Balaban J connectivity index is 3.69. The third-order valence-electron chi connectivity index (χ3n) is 3.64. The summed E-state index contributed by atoms with van der Waals surface area (Å²) < 4.78 is 31.1. The zero-order chi connectivity index (χ0) is 20.2. The lowest BCUT2D eigenvalue weighted by atomic mass is 10.0. The van der Waals surface area contributed by atoms with Gasteiger partial charge < -0.3 is 28.4 Å². The second-order valence-corrected chi connectivity index (χ2v) is 5.65. The Morgan fingerprint density at radius 1 is 0.667 bits per heavy atom. The summed E-state index contributed by atoms with van der Waals surface area (Å²) in [5, 5.41) is 0. The van der Waals surface area contributed by atoms with Crippen LogP contribution in [0.15, 0.2) is 0 Å². The van der Waals surface area contributed by atoms with Gasteiger partial charge in [0.15, 0.2) is 0 Å². The van der Waals surface area contributed by atoms with Gasteiger partial charge in [0.1, 0.15) is 13.2 Å². The Hall–Kier alpha value is -1.22. The van der Waals surface area contributed by atoms with Gasteiger partial charge in [0, 0.05) is 19.6 Å². The van der Waals surface area contributed by atoms with Crippen molar-refractivity contribution in [1.82, 2.24) is 0 Å².